The number of hydrogen-bond donors (Lipinski definition) is 3. The zero-order chi connectivity index (χ0) is 27.0. The molecule has 0 radical (unpaired) electrons. The van der Waals surface area contributed by atoms with E-state index < -0.39 is 7.60 Å². The molecule has 196 valence electrons. The summed E-state index contributed by atoms with van der Waals surface area (Å²) in [4.78, 5) is 32.8. The molecule has 0 saturated carbocycles. The predicted molar refractivity (Wildman–Crippen MR) is 152 cm³/mol. The molecule has 0 aliphatic rings. The number of aryl methyl sites for hydroxylation is 1. The van der Waals surface area contributed by atoms with Crippen LogP contribution in [0.1, 0.15) is 23.1 Å². The minimum Gasteiger partial charge on any atom is -0.489 e. The highest BCUT2D eigenvalue weighted by atomic mass is 35.5. The molecule has 4 rings (SSSR count). The summed E-state index contributed by atoms with van der Waals surface area (Å²) in [5, 5.41) is 3.36. The lowest BCUT2D eigenvalue weighted by atomic mass is 10.1. The zero-order valence-electron chi connectivity index (χ0n) is 20.4. The van der Waals surface area contributed by atoms with Crippen molar-refractivity contribution in [3.63, 3.8) is 0 Å². The Morgan fingerprint density at radius 2 is 1.61 bits per heavy atom. The van der Waals surface area contributed by atoms with Gasteiger partial charge in [-0.3, -0.25) is 9.36 Å². The number of ether oxygens (including phenoxy) is 1. The van der Waals surface area contributed by atoms with Gasteiger partial charge in [0.1, 0.15) is 12.4 Å². The molecule has 0 atom stereocenters. The van der Waals surface area contributed by atoms with E-state index in [2.05, 4.69) is 5.32 Å². The van der Waals surface area contributed by atoms with Crippen LogP contribution in [0.15, 0.2) is 107 Å². The van der Waals surface area contributed by atoms with Crippen LogP contribution in [0, 0.1) is 0 Å². The second-order valence-corrected chi connectivity index (χ2v) is 11.9. The molecule has 3 N–H and O–H groups in total. The van der Waals surface area contributed by atoms with Gasteiger partial charge in [-0.25, -0.2) is 0 Å². The third kappa shape index (κ3) is 9.05. The maximum absolute atomic E-state index is 12.5. The summed E-state index contributed by atoms with van der Waals surface area (Å²) < 4.78 is 17.2. The van der Waals surface area contributed by atoms with Crippen molar-refractivity contribution in [3.05, 3.63) is 119 Å². The molecule has 0 spiro atoms. The van der Waals surface area contributed by atoms with Crippen molar-refractivity contribution in [1.29, 1.82) is 0 Å². The quantitative estimate of drug-likeness (QED) is 0.164. The minimum absolute atomic E-state index is 0.208. The van der Waals surface area contributed by atoms with Crippen LogP contribution < -0.4 is 10.1 Å². The van der Waals surface area contributed by atoms with Crippen LogP contribution in [0.5, 0.6) is 5.75 Å². The second-order valence-electron chi connectivity index (χ2n) is 8.68. The average Bonchev–Trinajstić information content (AvgIpc) is 2.87. The van der Waals surface area contributed by atoms with Gasteiger partial charge in [-0.2, -0.15) is 0 Å². The SMILES string of the molecule is O=C(CCc1ccc(Sc2cccc(OCc3ccccc3)c2)cc1Cl)Nc1cccc(CP(=O)(O)O)c1. The van der Waals surface area contributed by atoms with E-state index in [1.165, 1.54) is 0 Å². The molecule has 0 fully saturated rings. The summed E-state index contributed by atoms with van der Waals surface area (Å²) in [5.41, 5.74) is 2.92. The molecule has 0 bridgehead atoms. The molecule has 6 nitrogen and oxygen atoms in total. The van der Waals surface area contributed by atoms with Gasteiger partial charge in [-0.1, -0.05) is 78.0 Å². The highest BCUT2D eigenvalue weighted by molar-refractivity contribution is 7.99. The van der Waals surface area contributed by atoms with Crippen LogP contribution in [0.2, 0.25) is 5.02 Å². The van der Waals surface area contributed by atoms with Crippen LogP contribution in [-0.2, 0) is 28.5 Å². The van der Waals surface area contributed by atoms with Crippen LogP contribution in [0.3, 0.4) is 0 Å². The van der Waals surface area contributed by atoms with Crippen molar-refractivity contribution >= 4 is 42.6 Å². The van der Waals surface area contributed by atoms with Crippen molar-refractivity contribution in [1.82, 2.24) is 0 Å². The lowest BCUT2D eigenvalue weighted by Gasteiger charge is -2.10. The fourth-order valence-electron chi connectivity index (χ4n) is 3.76. The van der Waals surface area contributed by atoms with E-state index in [1.807, 2.05) is 72.8 Å². The summed E-state index contributed by atoms with van der Waals surface area (Å²) in [5.74, 6) is 0.583. The highest BCUT2D eigenvalue weighted by Crippen LogP contribution is 2.39. The molecule has 0 unspecified atom stereocenters. The Bertz CT molecular complexity index is 1440. The number of halogens is 1. The normalized spacial score (nSPS) is 11.2. The molecule has 38 heavy (non-hydrogen) atoms. The number of nitrogens with one attached hydrogen (secondary N) is 1. The van der Waals surface area contributed by atoms with Crippen molar-refractivity contribution in [2.45, 2.75) is 35.4 Å². The van der Waals surface area contributed by atoms with E-state index in [0.717, 1.165) is 26.7 Å². The topological polar surface area (TPSA) is 95.9 Å². The molecule has 9 heteroatoms. The molecular formula is C29H27ClNO5PS. The fourth-order valence-corrected chi connectivity index (χ4v) is 5.67. The van der Waals surface area contributed by atoms with Crippen LogP contribution >= 0.6 is 31.0 Å². The Hall–Kier alpha value is -3.06. The Morgan fingerprint density at radius 1 is 0.868 bits per heavy atom. The van der Waals surface area contributed by atoms with Gasteiger partial charge in [0.25, 0.3) is 0 Å². The first-order chi connectivity index (χ1) is 18.2. The minimum atomic E-state index is -4.18. The summed E-state index contributed by atoms with van der Waals surface area (Å²) >= 11 is 8.11. The fraction of sp³-hybridized carbons (Fsp3) is 0.138. The molecule has 1 amide bonds. The van der Waals surface area contributed by atoms with E-state index in [4.69, 9.17) is 26.1 Å². The number of anilines is 1. The van der Waals surface area contributed by atoms with Gasteiger partial charge in [0.15, 0.2) is 0 Å². The number of hydrogen-bond acceptors (Lipinski definition) is 4. The zero-order valence-corrected chi connectivity index (χ0v) is 22.9. The van der Waals surface area contributed by atoms with Crippen molar-refractivity contribution in [3.8, 4) is 5.75 Å². The standard InChI is InChI=1S/C29H27ClNO5PS/c30-28-18-27(38-26-11-5-10-25(17-26)36-19-21-6-2-1-3-7-21)14-12-23(28)13-15-29(32)31-24-9-4-8-22(16-24)20-37(33,34)35/h1-12,14,16-18H,13,15,19-20H2,(H,31,32)(H2,33,34,35). The van der Waals surface area contributed by atoms with Crippen molar-refractivity contribution in [2.24, 2.45) is 0 Å². The van der Waals surface area contributed by atoms with Crippen LogP contribution in [0.4, 0.5) is 5.69 Å². The third-order valence-corrected chi connectivity index (χ3v) is 7.64. The summed E-state index contributed by atoms with van der Waals surface area (Å²) in [6.07, 6.45) is 0.304. The van der Waals surface area contributed by atoms with Crippen molar-refractivity contribution in [2.75, 3.05) is 5.32 Å². The third-order valence-electron chi connectivity index (χ3n) is 5.53. The number of amides is 1. The number of benzene rings is 4. The van der Waals surface area contributed by atoms with Gasteiger partial charge >= 0.3 is 7.60 Å². The molecule has 4 aromatic rings. The first-order valence-corrected chi connectivity index (χ1v) is 14.9. The largest absolute Gasteiger partial charge is 0.489 e. The maximum Gasteiger partial charge on any atom is 0.329 e. The van der Waals surface area contributed by atoms with Crippen LogP contribution in [0.25, 0.3) is 0 Å². The van der Waals surface area contributed by atoms with Gasteiger partial charge in [0, 0.05) is 26.9 Å². The first-order valence-electron chi connectivity index (χ1n) is 11.9. The monoisotopic (exact) mass is 567 g/mol. The molecular weight excluding hydrogens is 541 g/mol. The summed E-state index contributed by atoms with van der Waals surface area (Å²) in [7, 11) is -4.18. The molecule has 0 saturated heterocycles. The van der Waals surface area contributed by atoms with Crippen LogP contribution in [-0.4, -0.2) is 15.7 Å². The number of rotatable bonds is 11. The smallest absolute Gasteiger partial charge is 0.329 e. The lowest BCUT2D eigenvalue weighted by molar-refractivity contribution is -0.116. The Morgan fingerprint density at radius 3 is 2.37 bits per heavy atom. The first kappa shape index (κ1) is 28.0. The number of carbonyl (C=O) groups excluding carboxylic acids is 1. The predicted octanol–water partition coefficient (Wildman–Crippen LogP) is 7.32. The van der Waals surface area contributed by atoms with E-state index in [1.54, 1.807) is 36.0 Å². The summed E-state index contributed by atoms with van der Waals surface area (Å²) in [6.45, 7) is 0.502. The molecule has 4 aromatic carbocycles. The van der Waals surface area contributed by atoms with Gasteiger partial charge < -0.3 is 19.8 Å². The van der Waals surface area contributed by atoms with Gasteiger partial charge in [0.05, 0.1) is 6.16 Å². The van der Waals surface area contributed by atoms with E-state index in [-0.39, 0.29) is 18.5 Å². The number of carbonyl (C=O) groups is 1. The summed E-state index contributed by atoms with van der Waals surface area (Å²) in [6, 6.07) is 30.2. The van der Waals surface area contributed by atoms with Crippen molar-refractivity contribution < 1.29 is 23.9 Å². The van der Waals surface area contributed by atoms with E-state index >= 15 is 0 Å². The maximum atomic E-state index is 12.5. The Kier molecular flexibility index (Phi) is 9.67. The Balaban J connectivity index is 1.30. The average molecular weight is 568 g/mol. The van der Waals surface area contributed by atoms with Gasteiger partial charge in [0.2, 0.25) is 5.91 Å². The molecule has 0 aromatic heterocycles. The molecule has 0 aliphatic heterocycles. The second kappa shape index (κ2) is 13.1. The highest BCUT2D eigenvalue weighted by Gasteiger charge is 2.14. The molecule has 0 heterocycles. The van der Waals surface area contributed by atoms with Gasteiger partial charge in [-0.15, -0.1) is 0 Å². The Labute approximate surface area is 231 Å². The van der Waals surface area contributed by atoms with E-state index in [0.29, 0.717) is 29.3 Å². The lowest BCUT2D eigenvalue weighted by Crippen LogP contribution is -2.12. The molecule has 0 aliphatic carbocycles. The van der Waals surface area contributed by atoms with Gasteiger partial charge in [-0.05, 0) is 65.6 Å². The van der Waals surface area contributed by atoms with E-state index in [9.17, 15) is 9.36 Å².